The van der Waals surface area contributed by atoms with Crippen LogP contribution in [0.25, 0.3) is 0 Å². The first-order chi connectivity index (χ1) is 12.5. The van der Waals surface area contributed by atoms with Crippen LogP contribution in [0.2, 0.25) is 0 Å². The maximum Gasteiger partial charge on any atom is 0.339 e. The number of carbonyl (C=O) groups is 2. The van der Waals surface area contributed by atoms with Gasteiger partial charge < -0.3 is 19.0 Å². The lowest BCUT2D eigenvalue weighted by Gasteiger charge is -2.48. The molecule has 4 aliphatic rings. The van der Waals surface area contributed by atoms with Crippen molar-refractivity contribution in [2.24, 2.45) is 5.41 Å². The predicted octanol–water partition coefficient (Wildman–Crippen LogP) is 2.29. The molecule has 1 N–H and O–H groups in total. The van der Waals surface area contributed by atoms with Gasteiger partial charge in [-0.05, 0) is 25.0 Å². The maximum absolute atomic E-state index is 12.4. The Balaban J connectivity index is 1.70. The third-order valence-electron chi connectivity index (χ3n) is 5.93. The molecule has 3 atom stereocenters. The van der Waals surface area contributed by atoms with Crippen LogP contribution in [0.1, 0.15) is 25.0 Å². The van der Waals surface area contributed by atoms with Crippen LogP contribution in [-0.4, -0.2) is 29.3 Å². The Bertz CT molecular complexity index is 956. The number of cyclic esters (lactones) is 2. The molecule has 0 saturated carbocycles. The molecular formula is C20H16O6. The third-order valence-corrected chi connectivity index (χ3v) is 5.93. The van der Waals surface area contributed by atoms with E-state index < -0.39 is 23.1 Å². The van der Waals surface area contributed by atoms with E-state index in [0.717, 1.165) is 5.57 Å². The molecule has 0 saturated heterocycles. The number of allylic oxidation sites excluding steroid dienone is 1. The van der Waals surface area contributed by atoms with Gasteiger partial charge in [-0.2, -0.15) is 0 Å². The molecule has 0 fully saturated rings. The molecule has 0 aromatic carbocycles. The second-order valence-electron chi connectivity index (χ2n) is 7.12. The largest absolute Gasteiger partial charge is 0.472 e. The van der Waals surface area contributed by atoms with Gasteiger partial charge in [0, 0.05) is 16.6 Å². The quantitative estimate of drug-likeness (QED) is 0.781. The van der Waals surface area contributed by atoms with Crippen molar-refractivity contribution in [3.8, 4) is 0 Å². The Morgan fingerprint density at radius 1 is 1.19 bits per heavy atom. The van der Waals surface area contributed by atoms with E-state index in [9.17, 15) is 14.7 Å². The molecule has 0 amide bonds. The van der Waals surface area contributed by atoms with Crippen LogP contribution < -0.4 is 0 Å². The van der Waals surface area contributed by atoms with Gasteiger partial charge in [0.2, 0.25) is 0 Å². The molecule has 2 aliphatic carbocycles. The second-order valence-corrected chi connectivity index (χ2v) is 7.12. The number of carbonyl (C=O) groups excluding carboxylic acids is 2. The van der Waals surface area contributed by atoms with Crippen LogP contribution in [0, 0.1) is 5.41 Å². The van der Waals surface area contributed by atoms with Gasteiger partial charge in [-0.25, -0.2) is 9.59 Å². The third kappa shape index (κ3) is 1.69. The number of fused-ring (bicyclic) bond motifs is 1. The first-order valence-electron chi connectivity index (χ1n) is 8.42. The first-order valence-corrected chi connectivity index (χ1v) is 8.42. The Morgan fingerprint density at radius 3 is 2.81 bits per heavy atom. The number of rotatable bonds is 1. The highest BCUT2D eigenvalue weighted by atomic mass is 16.6. The van der Waals surface area contributed by atoms with E-state index in [-0.39, 0.29) is 12.6 Å². The first kappa shape index (κ1) is 15.4. The Labute approximate surface area is 149 Å². The van der Waals surface area contributed by atoms with E-state index in [1.165, 1.54) is 12.5 Å². The van der Waals surface area contributed by atoms with Gasteiger partial charge in [0.05, 0.1) is 23.7 Å². The molecule has 0 radical (unpaired) electrons. The van der Waals surface area contributed by atoms with Gasteiger partial charge >= 0.3 is 11.9 Å². The molecule has 26 heavy (non-hydrogen) atoms. The Morgan fingerprint density at radius 2 is 2.04 bits per heavy atom. The highest BCUT2D eigenvalue weighted by Gasteiger charge is 2.59. The number of esters is 2. The van der Waals surface area contributed by atoms with Crippen LogP contribution in [-0.2, 0) is 19.1 Å². The second kappa shape index (κ2) is 4.86. The fourth-order valence-electron chi connectivity index (χ4n) is 4.54. The van der Waals surface area contributed by atoms with E-state index in [1.54, 1.807) is 25.1 Å². The van der Waals surface area contributed by atoms with Crippen molar-refractivity contribution in [2.45, 2.75) is 25.0 Å². The summed E-state index contributed by atoms with van der Waals surface area (Å²) in [5.74, 6) is -0.860. The highest BCUT2D eigenvalue weighted by Crippen LogP contribution is 2.58. The molecule has 0 bridgehead atoms. The zero-order valence-electron chi connectivity index (χ0n) is 14.0. The number of hydrogen-bond donors (Lipinski definition) is 1. The molecule has 3 heterocycles. The normalized spacial score (nSPS) is 35.1. The fraction of sp³-hybridized carbons (Fsp3) is 0.300. The van der Waals surface area contributed by atoms with Gasteiger partial charge in [0.1, 0.15) is 12.2 Å². The minimum Gasteiger partial charge on any atom is -0.472 e. The van der Waals surface area contributed by atoms with Crippen molar-refractivity contribution < 1.29 is 28.6 Å². The van der Waals surface area contributed by atoms with Gasteiger partial charge in [0.25, 0.3) is 0 Å². The van der Waals surface area contributed by atoms with Crippen LogP contribution >= 0.6 is 0 Å². The highest BCUT2D eigenvalue weighted by molar-refractivity contribution is 5.98. The zero-order chi connectivity index (χ0) is 18.1. The fourth-order valence-corrected chi connectivity index (χ4v) is 4.54. The van der Waals surface area contributed by atoms with E-state index in [0.29, 0.717) is 28.7 Å². The summed E-state index contributed by atoms with van der Waals surface area (Å²) in [4.78, 5) is 24.4. The number of aliphatic hydroxyl groups is 1. The van der Waals surface area contributed by atoms with Crippen molar-refractivity contribution in [3.05, 3.63) is 70.8 Å². The summed E-state index contributed by atoms with van der Waals surface area (Å²) in [7, 11) is 0. The van der Waals surface area contributed by atoms with Crippen LogP contribution in [0.4, 0.5) is 0 Å². The molecule has 2 aliphatic heterocycles. The van der Waals surface area contributed by atoms with Crippen molar-refractivity contribution in [2.75, 3.05) is 6.61 Å². The van der Waals surface area contributed by atoms with Crippen molar-refractivity contribution >= 4 is 11.9 Å². The Kier molecular flexibility index (Phi) is 2.88. The number of hydrogen-bond acceptors (Lipinski definition) is 6. The molecule has 1 aromatic rings. The summed E-state index contributed by atoms with van der Waals surface area (Å²) in [5, 5.41) is 11.7. The van der Waals surface area contributed by atoms with E-state index in [4.69, 9.17) is 13.9 Å². The van der Waals surface area contributed by atoms with E-state index in [1.807, 2.05) is 12.2 Å². The smallest absolute Gasteiger partial charge is 0.339 e. The van der Waals surface area contributed by atoms with Gasteiger partial charge in [-0.1, -0.05) is 24.3 Å². The molecule has 1 spiro atoms. The summed E-state index contributed by atoms with van der Waals surface area (Å²) >= 11 is 0. The van der Waals surface area contributed by atoms with Gasteiger partial charge in [0.15, 0.2) is 6.10 Å². The van der Waals surface area contributed by atoms with Gasteiger partial charge in [-0.3, -0.25) is 0 Å². The standard InChI is InChI=1S/C20H16O6/c1-19(23)15-13(18(22)26-16(15)11-5-8-24-9-11)4-7-20(19)6-2-3-12-14(20)10-25-17(12)21/h2-5,7-9,16,23H,6,10H2,1H3/t16-,19+,20-/m1/s1. The lowest BCUT2D eigenvalue weighted by molar-refractivity contribution is -0.140. The monoisotopic (exact) mass is 352 g/mol. The number of ether oxygens (including phenoxy) is 2. The minimum absolute atomic E-state index is 0.132. The summed E-state index contributed by atoms with van der Waals surface area (Å²) in [5.41, 5.74) is 0.427. The number of furan rings is 1. The average molecular weight is 352 g/mol. The topological polar surface area (TPSA) is 86.0 Å². The predicted molar refractivity (Wildman–Crippen MR) is 88.5 cm³/mol. The maximum atomic E-state index is 12.4. The zero-order valence-corrected chi connectivity index (χ0v) is 14.0. The summed E-state index contributed by atoms with van der Waals surface area (Å²) in [6.45, 7) is 1.81. The molecule has 0 unspecified atom stereocenters. The van der Waals surface area contributed by atoms with Crippen LogP contribution in [0.3, 0.4) is 0 Å². The molecule has 132 valence electrons. The molecular weight excluding hydrogens is 336 g/mol. The molecule has 5 rings (SSSR count). The van der Waals surface area contributed by atoms with Gasteiger partial charge in [-0.15, -0.1) is 0 Å². The SMILES string of the molecule is C[C@]1(O)C2=C(C=C[C@@]13CC=CC1=C3COC1=O)C(=O)O[C@@H]2c1ccoc1. The average Bonchev–Trinajstić information content (AvgIpc) is 3.32. The molecule has 6 nitrogen and oxygen atoms in total. The lowest BCUT2D eigenvalue weighted by Crippen LogP contribution is -2.51. The summed E-state index contributed by atoms with van der Waals surface area (Å²) in [6, 6.07) is 1.71. The molecule has 6 heteroatoms. The Hall–Kier alpha value is -2.86. The lowest BCUT2D eigenvalue weighted by atomic mass is 9.57. The minimum atomic E-state index is -1.44. The summed E-state index contributed by atoms with van der Waals surface area (Å²) in [6.07, 6.45) is 9.89. The van der Waals surface area contributed by atoms with Crippen molar-refractivity contribution in [3.63, 3.8) is 0 Å². The van der Waals surface area contributed by atoms with Crippen molar-refractivity contribution in [1.82, 2.24) is 0 Å². The van der Waals surface area contributed by atoms with E-state index >= 15 is 0 Å². The summed E-state index contributed by atoms with van der Waals surface area (Å²) < 4.78 is 15.9. The van der Waals surface area contributed by atoms with Crippen molar-refractivity contribution in [1.29, 1.82) is 0 Å². The molecule has 1 aromatic heterocycles. The van der Waals surface area contributed by atoms with E-state index in [2.05, 4.69) is 0 Å². The van der Waals surface area contributed by atoms with Crippen LogP contribution in [0.15, 0.2) is 69.6 Å². The van der Waals surface area contributed by atoms with Crippen LogP contribution in [0.5, 0.6) is 0 Å².